The van der Waals surface area contributed by atoms with Gasteiger partial charge in [-0.25, -0.2) is 4.90 Å². The fraction of sp³-hybridized carbons (Fsp3) is 0.188. The summed E-state index contributed by atoms with van der Waals surface area (Å²) in [6.07, 6.45) is 1.82. The van der Waals surface area contributed by atoms with Crippen molar-refractivity contribution in [2.24, 2.45) is 0 Å². The van der Waals surface area contributed by atoms with Gasteiger partial charge in [-0.05, 0) is 31.2 Å². The first-order valence-electron chi connectivity index (χ1n) is 6.76. The van der Waals surface area contributed by atoms with E-state index in [1.807, 2.05) is 25.1 Å². The van der Waals surface area contributed by atoms with Crippen molar-refractivity contribution in [2.75, 3.05) is 10.2 Å². The minimum absolute atomic E-state index is 0.154. The van der Waals surface area contributed by atoms with Gasteiger partial charge < -0.3 is 5.32 Å². The van der Waals surface area contributed by atoms with Crippen LogP contribution >= 0.6 is 0 Å². The van der Waals surface area contributed by atoms with Crippen LogP contribution in [-0.4, -0.2) is 22.8 Å². The second kappa shape index (κ2) is 5.36. The van der Waals surface area contributed by atoms with Gasteiger partial charge in [0.05, 0.1) is 24.0 Å². The van der Waals surface area contributed by atoms with Crippen molar-refractivity contribution in [3.05, 3.63) is 54.4 Å². The fourth-order valence-corrected chi connectivity index (χ4v) is 2.35. The third kappa shape index (κ3) is 2.63. The summed E-state index contributed by atoms with van der Waals surface area (Å²) in [5, 5.41) is 3.07. The van der Waals surface area contributed by atoms with Crippen LogP contribution in [0, 0.1) is 6.92 Å². The molecule has 0 radical (unpaired) electrons. The van der Waals surface area contributed by atoms with E-state index in [0.29, 0.717) is 5.69 Å². The largest absolute Gasteiger partial charge is 0.372 e. The molecule has 1 atom stereocenters. The first-order valence-corrected chi connectivity index (χ1v) is 6.76. The molecule has 2 aromatic rings. The summed E-state index contributed by atoms with van der Waals surface area (Å²) >= 11 is 0. The van der Waals surface area contributed by atoms with E-state index in [0.717, 1.165) is 11.4 Å². The smallest absolute Gasteiger partial charge is 0.256 e. The molecule has 5 heteroatoms. The SMILES string of the molecule is Cc1ccc(NC2CC(=O)N(c3ccccc3)C2=O)cn1. The van der Waals surface area contributed by atoms with Crippen LogP contribution < -0.4 is 10.2 Å². The average Bonchev–Trinajstić information content (AvgIpc) is 2.77. The first-order chi connectivity index (χ1) is 10.1. The van der Waals surface area contributed by atoms with E-state index in [2.05, 4.69) is 10.3 Å². The second-order valence-electron chi connectivity index (χ2n) is 4.99. The predicted molar refractivity (Wildman–Crippen MR) is 79.9 cm³/mol. The van der Waals surface area contributed by atoms with Crippen molar-refractivity contribution in [1.82, 2.24) is 4.98 Å². The zero-order chi connectivity index (χ0) is 14.8. The van der Waals surface area contributed by atoms with Crippen molar-refractivity contribution in [2.45, 2.75) is 19.4 Å². The molecular weight excluding hydrogens is 266 g/mol. The highest BCUT2D eigenvalue weighted by molar-refractivity contribution is 6.23. The molecule has 1 unspecified atom stereocenters. The molecule has 1 aromatic heterocycles. The molecule has 3 rings (SSSR count). The summed E-state index contributed by atoms with van der Waals surface area (Å²) in [4.78, 5) is 29.9. The number of aromatic nitrogens is 1. The van der Waals surface area contributed by atoms with Gasteiger partial charge in [0.1, 0.15) is 6.04 Å². The van der Waals surface area contributed by atoms with Gasteiger partial charge in [0, 0.05) is 5.69 Å². The number of aryl methyl sites for hydroxylation is 1. The minimum atomic E-state index is -0.540. The van der Waals surface area contributed by atoms with Crippen molar-refractivity contribution < 1.29 is 9.59 Å². The number of nitrogens with zero attached hydrogens (tertiary/aromatic N) is 2. The Bertz CT molecular complexity index is 668. The van der Waals surface area contributed by atoms with Gasteiger partial charge in [-0.2, -0.15) is 0 Å². The molecule has 1 aliphatic heterocycles. The molecule has 1 N–H and O–H groups in total. The zero-order valence-corrected chi connectivity index (χ0v) is 11.6. The standard InChI is InChI=1S/C16H15N3O2/c1-11-7-8-12(10-17-11)18-14-9-15(20)19(16(14)21)13-5-3-2-4-6-13/h2-8,10,14,18H,9H2,1H3. The van der Waals surface area contributed by atoms with E-state index in [9.17, 15) is 9.59 Å². The third-order valence-electron chi connectivity index (χ3n) is 3.41. The lowest BCUT2D eigenvalue weighted by Crippen LogP contribution is -2.34. The van der Waals surface area contributed by atoms with Crippen LogP contribution in [0.3, 0.4) is 0 Å². The normalized spacial score (nSPS) is 18.1. The van der Waals surface area contributed by atoms with E-state index in [4.69, 9.17) is 0 Å². The third-order valence-corrected chi connectivity index (χ3v) is 3.41. The second-order valence-corrected chi connectivity index (χ2v) is 4.99. The number of hydrogen-bond acceptors (Lipinski definition) is 4. The molecule has 0 saturated carbocycles. The van der Waals surface area contributed by atoms with Crippen LogP contribution in [0.4, 0.5) is 11.4 Å². The molecule has 0 spiro atoms. The Morgan fingerprint density at radius 2 is 1.90 bits per heavy atom. The van der Waals surface area contributed by atoms with Crippen molar-refractivity contribution in [3.8, 4) is 0 Å². The number of para-hydroxylation sites is 1. The van der Waals surface area contributed by atoms with Crippen molar-refractivity contribution in [3.63, 3.8) is 0 Å². The van der Waals surface area contributed by atoms with Crippen LogP contribution in [0.2, 0.25) is 0 Å². The minimum Gasteiger partial charge on any atom is -0.372 e. The van der Waals surface area contributed by atoms with Crippen LogP contribution in [0.25, 0.3) is 0 Å². The predicted octanol–water partition coefficient (Wildman–Crippen LogP) is 2.13. The number of imide groups is 1. The van der Waals surface area contributed by atoms with Crippen molar-refractivity contribution >= 4 is 23.2 Å². The number of hydrogen-bond donors (Lipinski definition) is 1. The van der Waals surface area contributed by atoms with E-state index in [1.165, 1.54) is 4.90 Å². The lowest BCUT2D eigenvalue weighted by Gasteiger charge is -2.15. The van der Waals surface area contributed by atoms with Gasteiger partial charge in [-0.15, -0.1) is 0 Å². The summed E-state index contributed by atoms with van der Waals surface area (Å²) in [6, 6.07) is 12.1. The Morgan fingerprint density at radius 1 is 1.14 bits per heavy atom. The van der Waals surface area contributed by atoms with Gasteiger partial charge in [-0.3, -0.25) is 14.6 Å². The zero-order valence-electron chi connectivity index (χ0n) is 11.6. The van der Waals surface area contributed by atoms with Crippen molar-refractivity contribution in [1.29, 1.82) is 0 Å². The van der Waals surface area contributed by atoms with E-state index < -0.39 is 6.04 Å². The van der Waals surface area contributed by atoms with Crippen LogP contribution in [0.1, 0.15) is 12.1 Å². The molecular formula is C16H15N3O2. The Hall–Kier alpha value is -2.69. The quantitative estimate of drug-likeness (QED) is 0.875. The molecule has 2 amide bonds. The van der Waals surface area contributed by atoms with E-state index >= 15 is 0 Å². The summed E-state index contributed by atoms with van der Waals surface area (Å²) in [5.41, 5.74) is 2.25. The number of amides is 2. The molecule has 21 heavy (non-hydrogen) atoms. The lowest BCUT2D eigenvalue weighted by molar-refractivity contribution is -0.121. The van der Waals surface area contributed by atoms with Crippen LogP contribution in [0.5, 0.6) is 0 Å². The van der Waals surface area contributed by atoms with Gasteiger partial charge in [0.25, 0.3) is 5.91 Å². The van der Waals surface area contributed by atoms with Crippen LogP contribution in [0.15, 0.2) is 48.7 Å². The molecule has 5 nitrogen and oxygen atoms in total. The van der Waals surface area contributed by atoms with Gasteiger partial charge >= 0.3 is 0 Å². The number of anilines is 2. The van der Waals surface area contributed by atoms with Gasteiger partial charge in [-0.1, -0.05) is 18.2 Å². The Morgan fingerprint density at radius 3 is 2.57 bits per heavy atom. The average molecular weight is 281 g/mol. The monoisotopic (exact) mass is 281 g/mol. The number of pyridine rings is 1. The molecule has 1 saturated heterocycles. The highest BCUT2D eigenvalue weighted by Gasteiger charge is 2.39. The maximum atomic E-state index is 12.4. The summed E-state index contributed by atoms with van der Waals surface area (Å²) in [5.74, 6) is -0.421. The maximum Gasteiger partial charge on any atom is 0.256 e. The van der Waals surface area contributed by atoms with E-state index in [-0.39, 0.29) is 18.2 Å². The number of carbonyl (C=O) groups is 2. The molecule has 0 aliphatic carbocycles. The van der Waals surface area contributed by atoms with Gasteiger partial charge in [0.15, 0.2) is 0 Å². The topological polar surface area (TPSA) is 62.3 Å². The first kappa shape index (κ1) is 13.3. The van der Waals surface area contributed by atoms with Crippen LogP contribution in [-0.2, 0) is 9.59 Å². The highest BCUT2D eigenvalue weighted by atomic mass is 16.2. The summed E-state index contributed by atoms with van der Waals surface area (Å²) < 4.78 is 0. The van der Waals surface area contributed by atoms with Gasteiger partial charge in [0.2, 0.25) is 5.91 Å². The molecule has 0 bridgehead atoms. The molecule has 1 aromatic carbocycles. The van der Waals surface area contributed by atoms with E-state index in [1.54, 1.807) is 30.5 Å². The summed E-state index contributed by atoms with van der Waals surface area (Å²) in [7, 11) is 0. The number of carbonyl (C=O) groups excluding carboxylic acids is 2. The summed E-state index contributed by atoms with van der Waals surface area (Å²) in [6.45, 7) is 1.89. The molecule has 106 valence electrons. The Balaban J connectivity index is 1.79. The number of rotatable bonds is 3. The number of benzene rings is 1. The molecule has 2 heterocycles. The maximum absolute atomic E-state index is 12.4. The number of nitrogens with one attached hydrogen (secondary N) is 1. The lowest BCUT2D eigenvalue weighted by atomic mass is 10.2. The Labute approximate surface area is 122 Å². The Kier molecular flexibility index (Phi) is 3.39. The fourth-order valence-electron chi connectivity index (χ4n) is 2.35. The highest BCUT2D eigenvalue weighted by Crippen LogP contribution is 2.24. The molecule has 1 aliphatic rings. The molecule has 1 fully saturated rings.